The zero-order chi connectivity index (χ0) is 14.0. The van der Waals surface area contributed by atoms with Crippen LogP contribution in [-0.2, 0) is 0 Å². The molecule has 1 amide bonds. The molecule has 0 radical (unpaired) electrons. The van der Waals surface area contributed by atoms with E-state index in [0.29, 0.717) is 5.69 Å². The van der Waals surface area contributed by atoms with Gasteiger partial charge in [-0.15, -0.1) is 0 Å². The first kappa shape index (κ1) is 13.6. The van der Waals surface area contributed by atoms with Crippen LogP contribution in [0.4, 0.5) is 0 Å². The van der Waals surface area contributed by atoms with Gasteiger partial charge >= 0.3 is 0 Å². The molecular weight excluding hydrogens is 268 g/mol. The Morgan fingerprint density at radius 2 is 2.10 bits per heavy atom. The van der Waals surface area contributed by atoms with Gasteiger partial charge in [-0.05, 0) is 31.2 Å². The summed E-state index contributed by atoms with van der Waals surface area (Å²) in [6, 6.07) is 9.89. The van der Waals surface area contributed by atoms with Gasteiger partial charge in [-0.3, -0.25) is 4.79 Å². The van der Waals surface area contributed by atoms with Crippen molar-refractivity contribution in [1.82, 2.24) is 10.3 Å². The van der Waals surface area contributed by atoms with Gasteiger partial charge in [-0.2, -0.15) is 11.8 Å². The molecule has 1 aliphatic rings. The monoisotopic (exact) mass is 288 g/mol. The van der Waals surface area contributed by atoms with Gasteiger partial charge in [0.2, 0.25) is 0 Å². The van der Waals surface area contributed by atoms with Crippen LogP contribution in [0, 0.1) is 0 Å². The standard InChI is InChI=1S/C16H20N2OS/c1-20-16(8-4-5-9-16)11-17-15(19)14-10-12-6-2-3-7-13(12)18-14/h2-3,6-7,10,18H,4-5,8-9,11H2,1H3,(H,17,19). The second-order valence-corrected chi connectivity index (χ2v) is 6.82. The zero-order valence-electron chi connectivity index (χ0n) is 11.7. The van der Waals surface area contributed by atoms with Crippen molar-refractivity contribution in [3.05, 3.63) is 36.0 Å². The summed E-state index contributed by atoms with van der Waals surface area (Å²) in [5.41, 5.74) is 1.67. The van der Waals surface area contributed by atoms with E-state index in [9.17, 15) is 4.79 Å². The average molecular weight is 288 g/mol. The second kappa shape index (κ2) is 5.52. The van der Waals surface area contributed by atoms with Gasteiger partial charge in [-0.25, -0.2) is 0 Å². The molecule has 0 unspecified atom stereocenters. The van der Waals surface area contributed by atoms with Crippen molar-refractivity contribution in [2.45, 2.75) is 30.4 Å². The van der Waals surface area contributed by atoms with Crippen LogP contribution < -0.4 is 5.32 Å². The molecule has 1 heterocycles. The summed E-state index contributed by atoms with van der Waals surface area (Å²) in [5, 5.41) is 4.18. The highest BCUT2D eigenvalue weighted by Gasteiger charge is 2.33. The lowest BCUT2D eigenvalue weighted by molar-refractivity contribution is 0.0945. The molecule has 1 aliphatic carbocycles. The highest BCUT2D eigenvalue weighted by atomic mass is 32.2. The summed E-state index contributed by atoms with van der Waals surface area (Å²) >= 11 is 1.90. The fourth-order valence-electron chi connectivity index (χ4n) is 3.00. The number of carbonyl (C=O) groups excluding carboxylic acids is 1. The van der Waals surface area contributed by atoms with Crippen molar-refractivity contribution in [3.8, 4) is 0 Å². The van der Waals surface area contributed by atoms with Gasteiger partial charge in [0, 0.05) is 22.2 Å². The molecule has 0 saturated heterocycles. The van der Waals surface area contributed by atoms with Crippen molar-refractivity contribution in [1.29, 1.82) is 0 Å². The van der Waals surface area contributed by atoms with Crippen molar-refractivity contribution in [3.63, 3.8) is 0 Å². The first-order valence-electron chi connectivity index (χ1n) is 7.14. The Kier molecular flexibility index (Phi) is 3.74. The van der Waals surface area contributed by atoms with E-state index in [1.807, 2.05) is 42.1 Å². The summed E-state index contributed by atoms with van der Waals surface area (Å²) in [5.74, 6) is 0.00141. The van der Waals surface area contributed by atoms with E-state index >= 15 is 0 Å². The van der Waals surface area contributed by atoms with Crippen LogP contribution in [-0.4, -0.2) is 28.4 Å². The fourth-order valence-corrected chi connectivity index (χ4v) is 3.92. The minimum atomic E-state index is 0.00141. The van der Waals surface area contributed by atoms with Gasteiger partial charge in [0.05, 0.1) is 0 Å². The van der Waals surface area contributed by atoms with Crippen LogP contribution in [0.25, 0.3) is 10.9 Å². The number of carbonyl (C=O) groups is 1. The number of nitrogens with one attached hydrogen (secondary N) is 2. The molecule has 2 aromatic rings. The van der Waals surface area contributed by atoms with Crippen LogP contribution in [0.3, 0.4) is 0 Å². The minimum absolute atomic E-state index is 0.00141. The van der Waals surface area contributed by atoms with Crippen molar-refractivity contribution < 1.29 is 4.79 Å². The summed E-state index contributed by atoms with van der Waals surface area (Å²) in [6.07, 6.45) is 7.13. The molecule has 0 atom stereocenters. The second-order valence-electron chi connectivity index (χ2n) is 5.55. The molecule has 1 aromatic heterocycles. The maximum Gasteiger partial charge on any atom is 0.267 e. The van der Waals surface area contributed by atoms with E-state index < -0.39 is 0 Å². The summed E-state index contributed by atoms with van der Waals surface area (Å²) in [6.45, 7) is 0.766. The Morgan fingerprint density at radius 3 is 2.80 bits per heavy atom. The van der Waals surface area contributed by atoms with Crippen molar-refractivity contribution in [2.24, 2.45) is 0 Å². The fraction of sp³-hybridized carbons (Fsp3) is 0.438. The van der Waals surface area contributed by atoms with Crippen molar-refractivity contribution in [2.75, 3.05) is 12.8 Å². The Labute approximate surface area is 123 Å². The minimum Gasteiger partial charge on any atom is -0.351 e. The summed E-state index contributed by atoms with van der Waals surface area (Å²) in [7, 11) is 0. The number of fused-ring (bicyclic) bond motifs is 1. The van der Waals surface area contributed by atoms with E-state index in [-0.39, 0.29) is 10.7 Å². The number of amides is 1. The molecule has 1 fully saturated rings. The average Bonchev–Trinajstić information content (AvgIpc) is 3.12. The van der Waals surface area contributed by atoms with Crippen LogP contribution in [0.1, 0.15) is 36.2 Å². The molecule has 3 rings (SSSR count). The van der Waals surface area contributed by atoms with Crippen LogP contribution in [0.15, 0.2) is 30.3 Å². The van der Waals surface area contributed by atoms with Gasteiger partial charge in [0.25, 0.3) is 5.91 Å². The highest BCUT2D eigenvalue weighted by molar-refractivity contribution is 8.00. The number of aromatic amines is 1. The number of hydrogen-bond acceptors (Lipinski definition) is 2. The number of thioether (sulfide) groups is 1. The molecule has 20 heavy (non-hydrogen) atoms. The van der Waals surface area contributed by atoms with E-state index in [4.69, 9.17) is 0 Å². The molecule has 106 valence electrons. The zero-order valence-corrected chi connectivity index (χ0v) is 12.6. The topological polar surface area (TPSA) is 44.9 Å². The lowest BCUT2D eigenvalue weighted by Crippen LogP contribution is -2.38. The van der Waals surface area contributed by atoms with Crippen molar-refractivity contribution >= 4 is 28.6 Å². The van der Waals surface area contributed by atoms with Crippen LogP contribution >= 0.6 is 11.8 Å². The molecule has 4 heteroatoms. The molecule has 0 bridgehead atoms. The van der Waals surface area contributed by atoms with Gasteiger partial charge in [0.15, 0.2) is 0 Å². The van der Waals surface area contributed by atoms with Crippen LogP contribution in [0.2, 0.25) is 0 Å². The number of H-pyrrole nitrogens is 1. The van der Waals surface area contributed by atoms with Gasteiger partial charge in [-0.1, -0.05) is 31.0 Å². The molecular formula is C16H20N2OS. The molecule has 0 aliphatic heterocycles. The predicted octanol–water partition coefficient (Wildman–Crippen LogP) is 3.57. The highest BCUT2D eigenvalue weighted by Crippen LogP contribution is 2.39. The number of hydrogen-bond donors (Lipinski definition) is 2. The van der Waals surface area contributed by atoms with Crippen LogP contribution in [0.5, 0.6) is 0 Å². The first-order valence-corrected chi connectivity index (χ1v) is 8.36. The maximum atomic E-state index is 12.3. The Balaban J connectivity index is 1.69. The number of aromatic nitrogens is 1. The van der Waals surface area contributed by atoms with E-state index in [1.54, 1.807) is 0 Å². The number of benzene rings is 1. The lowest BCUT2D eigenvalue weighted by Gasteiger charge is -2.26. The molecule has 1 saturated carbocycles. The maximum absolute atomic E-state index is 12.3. The lowest BCUT2D eigenvalue weighted by atomic mass is 10.1. The predicted molar refractivity (Wildman–Crippen MR) is 85.3 cm³/mol. The Hall–Kier alpha value is -1.42. The first-order chi connectivity index (χ1) is 9.72. The largest absolute Gasteiger partial charge is 0.351 e. The summed E-state index contributed by atoms with van der Waals surface area (Å²) in [4.78, 5) is 15.5. The normalized spacial score (nSPS) is 17.4. The SMILES string of the molecule is CSC1(CNC(=O)c2cc3ccccc3[nH]2)CCCC1. The summed E-state index contributed by atoms with van der Waals surface area (Å²) < 4.78 is 0.252. The van der Waals surface area contributed by atoms with E-state index in [2.05, 4.69) is 16.6 Å². The number of para-hydroxylation sites is 1. The molecule has 1 aromatic carbocycles. The molecule has 3 nitrogen and oxygen atoms in total. The molecule has 0 spiro atoms. The Morgan fingerprint density at radius 1 is 1.35 bits per heavy atom. The van der Waals surface area contributed by atoms with E-state index in [1.165, 1.54) is 25.7 Å². The van der Waals surface area contributed by atoms with Gasteiger partial charge < -0.3 is 10.3 Å². The third-order valence-corrected chi connectivity index (χ3v) is 5.71. The Bertz CT molecular complexity index is 581. The third kappa shape index (κ3) is 2.57. The smallest absolute Gasteiger partial charge is 0.267 e. The van der Waals surface area contributed by atoms with E-state index in [0.717, 1.165) is 17.4 Å². The number of rotatable bonds is 4. The third-order valence-electron chi connectivity index (χ3n) is 4.29. The molecule has 2 N–H and O–H groups in total. The quantitative estimate of drug-likeness (QED) is 0.903. The van der Waals surface area contributed by atoms with Gasteiger partial charge in [0.1, 0.15) is 5.69 Å².